The minimum absolute atomic E-state index is 0.104. The zero-order valence-electron chi connectivity index (χ0n) is 36.9. The van der Waals surface area contributed by atoms with Crippen molar-refractivity contribution in [3.8, 4) is 30.6 Å². The number of aryl methyl sites for hydroxylation is 2. The smallest absolute Gasteiger partial charge is 0.351 e. The third kappa shape index (κ3) is 9.72. The van der Waals surface area contributed by atoms with E-state index in [1.54, 1.807) is 11.3 Å². The number of rotatable bonds is 22. The highest BCUT2D eigenvalue weighted by Crippen LogP contribution is 2.55. The molecular formula is C51H63FO2S6. The molecule has 0 fully saturated rings. The van der Waals surface area contributed by atoms with Gasteiger partial charge in [0.25, 0.3) is 0 Å². The number of benzene rings is 1. The van der Waals surface area contributed by atoms with E-state index in [1.165, 1.54) is 118 Å². The van der Waals surface area contributed by atoms with Crippen LogP contribution in [-0.4, -0.2) is 12.6 Å². The summed E-state index contributed by atoms with van der Waals surface area (Å²) in [7, 11) is 0. The molecule has 1 aromatic carbocycles. The van der Waals surface area contributed by atoms with Gasteiger partial charge in [0.2, 0.25) is 0 Å². The van der Waals surface area contributed by atoms with Crippen LogP contribution in [0.15, 0.2) is 36.4 Å². The van der Waals surface area contributed by atoms with E-state index in [2.05, 4.69) is 84.9 Å². The van der Waals surface area contributed by atoms with Gasteiger partial charge in [-0.3, -0.25) is 0 Å². The fourth-order valence-corrected chi connectivity index (χ4v) is 16.2. The van der Waals surface area contributed by atoms with Crippen LogP contribution >= 0.6 is 68.0 Å². The monoisotopic (exact) mass is 918 g/mol. The normalized spacial score (nSPS) is 13.6. The lowest BCUT2D eigenvalue weighted by Crippen LogP contribution is -2.14. The van der Waals surface area contributed by atoms with Crippen LogP contribution in [0, 0.1) is 37.4 Å². The molecule has 0 spiro atoms. The van der Waals surface area contributed by atoms with E-state index in [9.17, 15) is 4.79 Å². The molecule has 7 aromatic rings. The topological polar surface area (TPSA) is 26.3 Å². The Balaban J connectivity index is 1.36. The van der Waals surface area contributed by atoms with Gasteiger partial charge in [-0.1, -0.05) is 112 Å². The predicted octanol–water partition coefficient (Wildman–Crippen LogP) is 19.2. The molecule has 0 aliphatic heterocycles. The molecular weight excluding hydrogens is 856 g/mol. The molecule has 9 heteroatoms. The number of ether oxygens (including phenoxy) is 1. The van der Waals surface area contributed by atoms with E-state index in [0.29, 0.717) is 29.7 Å². The van der Waals surface area contributed by atoms with Crippen molar-refractivity contribution >= 4 is 104 Å². The van der Waals surface area contributed by atoms with E-state index in [-0.39, 0.29) is 4.88 Å². The molecule has 322 valence electrons. The van der Waals surface area contributed by atoms with Gasteiger partial charge in [-0.2, -0.15) is 0 Å². The molecule has 2 nitrogen and oxygen atoms in total. The van der Waals surface area contributed by atoms with Gasteiger partial charge in [0.1, 0.15) is 4.88 Å². The van der Waals surface area contributed by atoms with Crippen molar-refractivity contribution in [3.63, 3.8) is 0 Å². The predicted molar refractivity (Wildman–Crippen MR) is 270 cm³/mol. The number of hydrogen-bond acceptors (Lipinski definition) is 8. The van der Waals surface area contributed by atoms with Crippen molar-refractivity contribution in [2.45, 2.75) is 145 Å². The van der Waals surface area contributed by atoms with E-state index in [4.69, 9.17) is 4.74 Å². The number of thiophene rings is 6. The average Bonchev–Trinajstić information content (AvgIpc) is 4.11. The molecule has 0 bridgehead atoms. The Labute approximate surface area is 382 Å². The van der Waals surface area contributed by atoms with Crippen LogP contribution in [0.1, 0.15) is 148 Å². The summed E-state index contributed by atoms with van der Waals surface area (Å²) in [4.78, 5) is 23.6. The van der Waals surface area contributed by atoms with Gasteiger partial charge in [-0.15, -0.1) is 68.0 Å². The van der Waals surface area contributed by atoms with Gasteiger partial charge in [-0.05, 0) is 87.3 Å². The van der Waals surface area contributed by atoms with Crippen LogP contribution in [0.5, 0.6) is 0 Å². The van der Waals surface area contributed by atoms with Crippen molar-refractivity contribution < 1.29 is 13.9 Å². The van der Waals surface area contributed by atoms with E-state index < -0.39 is 11.8 Å². The first kappa shape index (κ1) is 45.6. The molecule has 6 heterocycles. The van der Waals surface area contributed by atoms with Crippen LogP contribution in [0.25, 0.3) is 60.9 Å². The van der Waals surface area contributed by atoms with Crippen LogP contribution in [0.3, 0.4) is 0 Å². The maximum Gasteiger partial charge on any atom is 0.351 e. The molecule has 0 aliphatic carbocycles. The molecule has 0 aliphatic rings. The highest BCUT2D eigenvalue weighted by molar-refractivity contribution is 7.32. The van der Waals surface area contributed by atoms with Crippen LogP contribution in [-0.2, 0) is 17.6 Å². The molecule has 7 rings (SSSR count). The Morgan fingerprint density at radius 3 is 1.70 bits per heavy atom. The lowest BCUT2D eigenvalue weighted by Gasteiger charge is -2.14. The Morgan fingerprint density at radius 2 is 1.15 bits per heavy atom. The van der Waals surface area contributed by atoms with E-state index >= 15 is 4.39 Å². The summed E-state index contributed by atoms with van der Waals surface area (Å²) in [5.41, 5.74) is 2.67. The molecule has 0 amide bonds. The zero-order valence-corrected chi connectivity index (χ0v) is 41.8. The first-order valence-corrected chi connectivity index (χ1v) is 27.6. The van der Waals surface area contributed by atoms with Crippen molar-refractivity contribution in [1.82, 2.24) is 0 Å². The quantitative estimate of drug-likeness (QED) is 0.0633. The molecule has 0 saturated heterocycles. The number of halogens is 1. The lowest BCUT2D eigenvalue weighted by atomic mass is 9.95. The van der Waals surface area contributed by atoms with Crippen molar-refractivity contribution in [1.29, 1.82) is 0 Å². The fraction of sp³-hybridized carbons (Fsp3) is 0.510. The second-order valence-electron chi connectivity index (χ2n) is 16.9. The van der Waals surface area contributed by atoms with Gasteiger partial charge in [0.05, 0.1) is 16.2 Å². The van der Waals surface area contributed by atoms with Crippen molar-refractivity contribution in [3.05, 3.63) is 66.6 Å². The van der Waals surface area contributed by atoms with Gasteiger partial charge in [-0.25, -0.2) is 9.18 Å². The van der Waals surface area contributed by atoms with Crippen LogP contribution < -0.4 is 0 Å². The summed E-state index contributed by atoms with van der Waals surface area (Å²) in [5.74, 6) is 0.774. The Bertz CT molecular complexity index is 2410. The average molecular weight is 919 g/mol. The first-order chi connectivity index (χ1) is 29.1. The number of esters is 1. The summed E-state index contributed by atoms with van der Waals surface area (Å²) < 4.78 is 25.7. The Kier molecular flexibility index (Phi) is 15.9. The van der Waals surface area contributed by atoms with Crippen molar-refractivity contribution in [2.24, 2.45) is 17.8 Å². The molecule has 3 unspecified atom stereocenters. The standard InChI is InChI=1S/C51H63FO2S6/c1-9-15-18-32(12-4)26-35-21-23-39(57-35)43-37-25-30(7)55-46(37)44(40-24-22-36(58-40)27-33(13-5)19-16-10-2)38-28-41(59-47(38)43)48-49-42(31(8)56-48)45(52)50(60-49)51(53)54-29-34(14-6)20-17-11-3/h21-25,28,32-34H,9-20,26-27,29H2,1-8H3. The molecule has 0 N–H and O–H groups in total. The molecule has 0 radical (unpaired) electrons. The number of carbonyl (C=O) groups is 1. The summed E-state index contributed by atoms with van der Waals surface area (Å²) >= 11 is 10.6. The summed E-state index contributed by atoms with van der Waals surface area (Å²) in [5, 5.41) is 3.20. The minimum Gasteiger partial charge on any atom is -0.461 e. The van der Waals surface area contributed by atoms with E-state index in [1.807, 2.05) is 52.3 Å². The number of fused-ring (bicyclic) bond motifs is 3. The van der Waals surface area contributed by atoms with E-state index in [0.717, 1.165) is 57.9 Å². The van der Waals surface area contributed by atoms with Gasteiger partial charge < -0.3 is 4.74 Å². The highest BCUT2D eigenvalue weighted by Gasteiger charge is 2.29. The molecule has 6 aromatic heterocycles. The SMILES string of the molecule is CCCCC(CC)COC(=O)c1sc2c(-c3cc4c(-c5ccc(CC(CC)CCCC)s5)c5sc(C)cc5c(-c5ccc(CC(CC)CCCC)s5)c4s3)sc(C)c2c1F. The van der Waals surface area contributed by atoms with Crippen LogP contribution in [0.2, 0.25) is 0 Å². The third-order valence-corrected chi connectivity index (χ3v) is 19.6. The fourth-order valence-electron chi connectivity index (χ4n) is 8.78. The van der Waals surface area contributed by atoms with Gasteiger partial charge >= 0.3 is 5.97 Å². The summed E-state index contributed by atoms with van der Waals surface area (Å²) in [6.07, 6.45) is 16.5. The molecule has 60 heavy (non-hydrogen) atoms. The maximum absolute atomic E-state index is 16.3. The second-order valence-corrected chi connectivity index (χ2v) is 23.8. The third-order valence-electron chi connectivity index (χ3n) is 12.5. The largest absolute Gasteiger partial charge is 0.461 e. The maximum atomic E-state index is 16.3. The molecule has 3 atom stereocenters. The zero-order chi connectivity index (χ0) is 42.5. The number of unbranched alkanes of at least 4 members (excludes halogenated alkanes) is 3. The van der Waals surface area contributed by atoms with Gasteiger partial charge in [0.15, 0.2) is 5.82 Å². The van der Waals surface area contributed by atoms with Crippen LogP contribution in [0.4, 0.5) is 4.39 Å². The van der Waals surface area contributed by atoms with Gasteiger partial charge in [0, 0.05) is 70.8 Å². The van der Waals surface area contributed by atoms with Crippen molar-refractivity contribution in [2.75, 3.05) is 6.61 Å². The Hall–Kier alpha value is -2.40. The lowest BCUT2D eigenvalue weighted by molar-refractivity contribution is 0.0429. The Morgan fingerprint density at radius 1 is 0.617 bits per heavy atom. The number of hydrogen-bond donors (Lipinski definition) is 0. The number of carbonyl (C=O) groups excluding carboxylic acids is 1. The molecule has 0 saturated carbocycles. The first-order valence-electron chi connectivity index (χ1n) is 22.7. The summed E-state index contributed by atoms with van der Waals surface area (Å²) in [6.45, 7) is 18.2. The minimum atomic E-state index is -0.530. The highest BCUT2D eigenvalue weighted by atomic mass is 32.1. The summed E-state index contributed by atoms with van der Waals surface area (Å²) in [6, 6.07) is 14.3. The second kappa shape index (κ2) is 20.9.